The van der Waals surface area contributed by atoms with Crippen molar-refractivity contribution < 1.29 is 20.1 Å². The molecule has 0 aromatic heterocycles. The van der Waals surface area contributed by atoms with E-state index in [1.165, 1.54) is 0 Å². The molecule has 0 radical (unpaired) electrons. The Morgan fingerprint density at radius 1 is 1.11 bits per heavy atom. The third-order valence-corrected chi connectivity index (χ3v) is 2.97. The van der Waals surface area contributed by atoms with E-state index in [9.17, 15) is 4.79 Å². The van der Waals surface area contributed by atoms with E-state index >= 15 is 0 Å². The molecule has 0 bridgehead atoms. The number of rotatable bonds is 6. The van der Waals surface area contributed by atoms with Crippen molar-refractivity contribution in [3.05, 3.63) is 35.4 Å². The molecule has 100 valence electrons. The van der Waals surface area contributed by atoms with E-state index in [0.29, 0.717) is 11.4 Å². The smallest absolute Gasteiger partial charge is 0.251 e. The average molecular weight is 274 g/mol. The van der Waals surface area contributed by atoms with E-state index in [0.717, 1.165) is 5.56 Å². The average Bonchev–Trinajstić information content (AvgIpc) is 2.45. The van der Waals surface area contributed by atoms with Gasteiger partial charge in [-0.05, 0) is 17.7 Å². The molecule has 18 heavy (non-hydrogen) atoms. The molecule has 0 heterocycles. The van der Waals surface area contributed by atoms with Gasteiger partial charge < -0.3 is 20.6 Å². The highest BCUT2D eigenvalue weighted by molar-refractivity contribution is 6.17. The van der Waals surface area contributed by atoms with Gasteiger partial charge in [-0.25, -0.2) is 0 Å². The summed E-state index contributed by atoms with van der Waals surface area (Å²) in [5.74, 6) is -0.122. The summed E-state index contributed by atoms with van der Waals surface area (Å²) in [7, 11) is 0. The molecule has 0 saturated heterocycles. The van der Waals surface area contributed by atoms with E-state index in [-0.39, 0.29) is 0 Å². The van der Waals surface area contributed by atoms with Crippen LogP contribution in [-0.4, -0.2) is 46.6 Å². The third kappa shape index (κ3) is 3.43. The van der Waals surface area contributed by atoms with Gasteiger partial charge in [0.1, 0.15) is 5.54 Å². The van der Waals surface area contributed by atoms with Crippen LogP contribution in [0.5, 0.6) is 0 Å². The number of carbonyl (C=O) groups is 1. The molecular formula is C12H16ClNO4. The van der Waals surface area contributed by atoms with Crippen LogP contribution in [0, 0.1) is 0 Å². The summed E-state index contributed by atoms with van der Waals surface area (Å²) in [5, 5.41) is 29.7. The summed E-state index contributed by atoms with van der Waals surface area (Å²) < 4.78 is 0. The number of nitrogens with one attached hydrogen (secondary N) is 1. The minimum Gasteiger partial charge on any atom is -0.394 e. The Morgan fingerprint density at radius 2 is 1.61 bits per heavy atom. The summed E-state index contributed by atoms with van der Waals surface area (Å²) in [6.45, 7) is -1.65. The Labute approximate surface area is 110 Å². The van der Waals surface area contributed by atoms with Gasteiger partial charge in [0.2, 0.25) is 0 Å². The highest BCUT2D eigenvalue weighted by atomic mass is 35.5. The highest BCUT2D eigenvalue weighted by Crippen LogP contribution is 2.09. The minimum atomic E-state index is -1.41. The van der Waals surface area contributed by atoms with Crippen molar-refractivity contribution in [1.82, 2.24) is 5.32 Å². The maximum atomic E-state index is 11.9. The van der Waals surface area contributed by atoms with Crippen LogP contribution in [0.15, 0.2) is 24.3 Å². The van der Waals surface area contributed by atoms with Crippen LogP contribution in [-0.2, 0) is 5.88 Å². The molecule has 0 aliphatic heterocycles. The van der Waals surface area contributed by atoms with Crippen molar-refractivity contribution in [3.8, 4) is 0 Å². The van der Waals surface area contributed by atoms with Crippen LogP contribution in [0.4, 0.5) is 0 Å². The minimum absolute atomic E-state index is 0.357. The van der Waals surface area contributed by atoms with Crippen LogP contribution in [0.25, 0.3) is 0 Å². The molecule has 0 spiro atoms. The molecule has 0 aliphatic carbocycles. The Hall–Kier alpha value is -1.14. The summed E-state index contributed by atoms with van der Waals surface area (Å²) in [6.07, 6.45) is 0. The number of amides is 1. The van der Waals surface area contributed by atoms with Gasteiger partial charge in [0.05, 0.1) is 19.8 Å². The first-order valence-corrected chi connectivity index (χ1v) is 5.94. The van der Waals surface area contributed by atoms with Crippen LogP contribution < -0.4 is 5.32 Å². The van der Waals surface area contributed by atoms with Crippen molar-refractivity contribution in [3.63, 3.8) is 0 Å². The highest BCUT2D eigenvalue weighted by Gasteiger charge is 2.30. The van der Waals surface area contributed by atoms with E-state index in [1.54, 1.807) is 24.3 Å². The number of benzene rings is 1. The van der Waals surface area contributed by atoms with Gasteiger partial charge in [-0.15, -0.1) is 11.6 Å². The maximum absolute atomic E-state index is 11.9. The first kappa shape index (κ1) is 14.9. The van der Waals surface area contributed by atoms with E-state index in [4.69, 9.17) is 26.9 Å². The number of aliphatic hydroxyl groups excluding tert-OH is 3. The fraction of sp³-hybridized carbons (Fsp3) is 0.417. The largest absolute Gasteiger partial charge is 0.394 e. The van der Waals surface area contributed by atoms with E-state index in [2.05, 4.69) is 5.32 Å². The van der Waals surface area contributed by atoms with Gasteiger partial charge in [-0.1, -0.05) is 12.1 Å². The molecule has 6 heteroatoms. The Kier molecular flexibility index (Phi) is 5.55. The molecule has 0 aliphatic rings. The predicted molar refractivity (Wildman–Crippen MR) is 67.5 cm³/mol. The zero-order valence-corrected chi connectivity index (χ0v) is 10.5. The number of aliphatic hydroxyl groups is 3. The fourth-order valence-corrected chi connectivity index (χ4v) is 1.50. The molecule has 0 atom stereocenters. The zero-order valence-electron chi connectivity index (χ0n) is 9.77. The van der Waals surface area contributed by atoms with Gasteiger partial charge in [0, 0.05) is 11.4 Å². The molecule has 1 amide bonds. The van der Waals surface area contributed by atoms with Crippen LogP contribution in [0.3, 0.4) is 0 Å². The molecule has 5 nitrogen and oxygen atoms in total. The van der Waals surface area contributed by atoms with Gasteiger partial charge in [0.15, 0.2) is 0 Å². The summed E-state index contributed by atoms with van der Waals surface area (Å²) in [5.41, 5.74) is -0.169. The Morgan fingerprint density at radius 3 is 2.00 bits per heavy atom. The van der Waals surface area contributed by atoms with Crippen molar-refractivity contribution in [2.45, 2.75) is 11.4 Å². The SMILES string of the molecule is O=C(NC(CO)(CO)CO)c1ccc(CCl)cc1. The second-order valence-corrected chi connectivity index (χ2v) is 4.31. The quantitative estimate of drug-likeness (QED) is 0.544. The number of hydrogen-bond acceptors (Lipinski definition) is 4. The lowest BCUT2D eigenvalue weighted by molar-refractivity contribution is 0.0375. The summed E-state index contributed by atoms with van der Waals surface area (Å²) in [4.78, 5) is 11.9. The Balaban J connectivity index is 2.80. The molecule has 1 aromatic carbocycles. The third-order valence-electron chi connectivity index (χ3n) is 2.66. The molecule has 0 unspecified atom stereocenters. The summed E-state index contributed by atoms with van der Waals surface area (Å²) >= 11 is 5.63. The van der Waals surface area contributed by atoms with Crippen LogP contribution >= 0.6 is 11.6 Å². The number of halogens is 1. The van der Waals surface area contributed by atoms with Crippen molar-refractivity contribution in [2.24, 2.45) is 0 Å². The molecule has 4 N–H and O–H groups in total. The Bertz CT molecular complexity index is 381. The van der Waals surface area contributed by atoms with Gasteiger partial charge >= 0.3 is 0 Å². The lowest BCUT2D eigenvalue weighted by atomic mass is 10.0. The van der Waals surface area contributed by atoms with E-state index in [1.807, 2.05) is 0 Å². The predicted octanol–water partition coefficient (Wildman–Crippen LogP) is -0.129. The van der Waals surface area contributed by atoms with Gasteiger partial charge in [-0.3, -0.25) is 4.79 Å². The maximum Gasteiger partial charge on any atom is 0.251 e. The van der Waals surface area contributed by atoms with Crippen molar-refractivity contribution in [2.75, 3.05) is 19.8 Å². The number of alkyl halides is 1. The fourth-order valence-electron chi connectivity index (χ4n) is 1.33. The molecule has 0 saturated carbocycles. The standard InChI is InChI=1S/C12H16ClNO4/c13-5-9-1-3-10(4-2-9)11(18)14-12(6-15,7-16)8-17/h1-4,15-17H,5-8H2,(H,14,18). The lowest BCUT2D eigenvalue weighted by Gasteiger charge is -2.28. The van der Waals surface area contributed by atoms with E-state index < -0.39 is 31.3 Å². The molecule has 1 rings (SSSR count). The second kappa shape index (κ2) is 6.70. The van der Waals surface area contributed by atoms with Gasteiger partial charge in [0.25, 0.3) is 5.91 Å². The lowest BCUT2D eigenvalue weighted by Crippen LogP contribution is -2.57. The van der Waals surface area contributed by atoms with Gasteiger partial charge in [-0.2, -0.15) is 0 Å². The normalized spacial score (nSPS) is 11.3. The van der Waals surface area contributed by atoms with Crippen molar-refractivity contribution >= 4 is 17.5 Å². The monoisotopic (exact) mass is 273 g/mol. The topological polar surface area (TPSA) is 89.8 Å². The summed E-state index contributed by atoms with van der Waals surface area (Å²) in [6, 6.07) is 6.59. The molecule has 1 aromatic rings. The van der Waals surface area contributed by atoms with Crippen LogP contribution in [0.2, 0.25) is 0 Å². The van der Waals surface area contributed by atoms with Crippen LogP contribution in [0.1, 0.15) is 15.9 Å². The molecular weight excluding hydrogens is 258 g/mol. The zero-order chi connectivity index (χ0) is 13.6. The second-order valence-electron chi connectivity index (χ2n) is 4.04. The first-order chi connectivity index (χ1) is 8.60. The van der Waals surface area contributed by atoms with Crippen molar-refractivity contribution in [1.29, 1.82) is 0 Å². The first-order valence-electron chi connectivity index (χ1n) is 5.41. The number of hydrogen-bond donors (Lipinski definition) is 4. The molecule has 0 fully saturated rings. The number of carbonyl (C=O) groups excluding carboxylic acids is 1.